The molecule has 0 fully saturated rings. The maximum atomic E-state index is 12.8. The number of benzene rings is 1. The van der Waals surface area contributed by atoms with Gasteiger partial charge in [-0.1, -0.05) is 0 Å². The van der Waals surface area contributed by atoms with Crippen LogP contribution in [0.4, 0.5) is 4.39 Å². The molecule has 18 heavy (non-hydrogen) atoms. The number of hydrogen-bond acceptors (Lipinski definition) is 3. The Balaban J connectivity index is 2.27. The Morgan fingerprint density at radius 3 is 2.78 bits per heavy atom. The van der Waals surface area contributed by atoms with Gasteiger partial charge in [-0.3, -0.25) is 9.89 Å². The van der Waals surface area contributed by atoms with Crippen LogP contribution < -0.4 is 5.32 Å². The van der Waals surface area contributed by atoms with Gasteiger partial charge < -0.3 is 10.4 Å². The monoisotopic (exact) mass is 249 g/mol. The first-order valence-corrected chi connectivity index (χ1v) is 5.40. The normalized spacial score (nSPS) is 10.3. The highest BCUT2D eigenvalue weighted by atomic mass is 19.1. The number of nitrogens with zero attached hydrogens (tertiary/aromatic N) is 1. The Hall–Kier alpha value is -2.21. The van der Waals surface area contributed by atoms with Gasteiger partial charge in [0.2, 0.25) is 0 Å². The quantitative estimate of drug-likeness (QED) is 0.754. The van der Waals surface area contributed by atoms with Crippen LogP contribution in [0.2, 0.25) is 0 Å². The van der Waals surface area contributed by atoms with Crippen molar-refractivity contribution in [1.29, 1.82) is 0 Å². The Bertz CT molecular complexity index is 537. The molecule has 0 spiro atoms. The second-order valence-corrected chi connectivity index (χ2v) is 3.65. The van der Waals surface area contributed by atoms with Gasteiger partial charge >= 0.3 is 0 Å². The molecule has 1 aromatic carbocycles. The fourth-order valence-corrected chi connectivity index (χ4v) is 1.56. The fraction of sp³-hybridized carbons (Fsp3) is 0.167. The molecular weight excluding hydrogens is 237 g/mol. The van der Waals surface area contributed by atoms with Gasteiger partial charge in [0.1, 0.15) is 5.82 Å². The molecule has 94 valence electrons. The van der Waals surface area contributed by atoms with Crippen LogP contribution in [0, 0.1) is 5.82 Å². The summed E-state index contributed by atoms with van der Waals surface area (Å²) < 4.78 is 12.8. The van der Waals surface area contributed by atoms with E-state index in [0.717, 1.165) is 0 Å². The van der Waals surface area contributed by atoms with Crippen LogP contribution in [0.5, 0.6) is 0 Å². The van der Waals surface area contributed by atoms with E-state index in [1.54, 1.807) is 12.1 Å². The summed E-state index contributed by atoms with van der Waals surface area (Å²) in [7, 11) is 0. The Labute approximate surface area is 103 Å². The zero-order valence-electron chi connectivity index (χ0n) is 9.48. The predicted octanol–water partition coefficient (Wildman–Crippen LogP) is 0.938. The number of aromatic amines is 1. The summed E-state index contributed by atoms with van der Waals surface area (Å²) >= 11 is 0. The number of rotatable bonds is 4. The highest BCUT2D eigenvalue weighted by Crippen LogP contribution is 2.21. The molecule has 0 aliphatic carbocycles. The zero-order chi connectivity index (χ0) is 13.0. The Morgan fingerprint density at radius 2 is 2.11 bits per heavy atom. The van der Waals surface area contributed by atoms with Crippen molar-refractivity contribution in [2.24, 2.45) is 0 Å². The van der Waals surface area contributed by atoms with Crippen molar-refractivity contribution in [3.8, 4) is 11.3 Å². The van der Waals surface area contributed by atoms with Crippen LogP contribution in [-0.4, -0.2) is 34.4 Å². The topological polar surface area (TPSA) is 78.0 Å². The van der Waals surface area contributed by atoms with Crippen molar-refractivity contribution in [3.63, 3.8) is 0 Å². The first-order valence-electron chi connectivity index (χ1n) is 5.40. The molecule has 2 rings (SSSR count). The number of carbonyl (C=O) groups is 1. The second kappa shape index (κ2) is 5.42. The molecule has 0 saturated carbocycles. The standard InChI is InChI=1S/C12H12FN3O2/c13-9-3-1-8(2-4-9)11-10(7-15-16-11)12(18)14-5-6-17/h1-4,7,17H,5-6H2,(H,14,18)(H,15,16). The molecular formula is C12H12FN3O2. The van der Waals surface area contributed by atoms with E-state index in [-0.39, 0.29) is 24.9 Å². The van der Waals surface area contributed by atoms with Crippen LogP contribution in [0.25, 0.3) is 11.3 Å². The number of carbonyl (C=O) groups excluding carboxylic acids is 1. The summed E-state index contributed by atoms with van der Waals surface area (Å²) in [6.07, 6.45) is 1.39. The molecule has 6 heteroatoms. The summed E-state index contributed by atoms with van der Waals surface area (Å²) in [6, 6.07) is 5.74. The lowest BCUT2D eigenvalue weighted by Crippen LogP contribution is -2.26. The molecule has 0 aliphatic rings. The van der Waals surface area contributed by atoms with Crippen molar-refractivity contribution < 1.29 is 14.3 Å². The summed E-state index contributed by atoms with van der Waals surface area (Å²) in [5.74, 6) is -0.679. The molecule has 0 radical (unpaired) electrons. The third kappa shape index (κ3) is 2.54. The number of nitrogens with one attached hydrogen (secondary N) is 2. The number of aromatic nitrogens is 2. The van der Waals surface area contributed by atoms with E-state index in [4.69, 9.17) is 5.11 Å². The number of amides is 1. The number of H-pyrrole nitrogens is 1. The van der Waals surface area contributed by atoms with Crippen molar-refractivity contribution in [1.82, 2.24) is 15.5 Å². The van der Waals surface area contributed by atoms with Gasteiger partial charge in [0.15, 0.2) is 0 Å². The van der Waals surface area contributed by atoms with Gasteiger partial charge in [0.25, 0.3) is 5.91 Å². The summed E-state index contributed by atoms with van der Waals surface area (Å²) in [5.41, 5.74) is 1.54. The van der Waals surface area contributed by atoms with E-state index >= 15 is 0 Å². The third-order valence-corrected chi connectivity index (χ3v) is 2.41. The Morgan fingerprint density at radius 1 is 1.39 bits per heavy atom. The lowest BCUT2D eigenvalue weighted by Gasteiger charge is -2.04. The Kier molecular flexibility index (Phi) is 3.69. The summed E-state index contributed by atoms with van der Waals surface area (Å²) in [6.45, 7) is 0.0440. The molecule has 0 bridgehead atoms. The van der Waals surface area contributed by atoms with E-state index in [0.29, 0.717) is 16.8 Å². The summed E-state index contributed by atoms with van der Waals surface area (Å²) in [5, 5.41) is 17.7. The van der Waals surface area contributed by atoms with E-state index < -0.39 is 0 Å². The highest BCUT2D eigenvalue weighted by molar-refractivity contribution is 5.99. The minimum Gasteiger partial charge on any atom is -0.395 e. The average Bonchev–Trinajstić information content (AvgIpc) is 2.86. The van der Waals surface area contributed by atoms with E-state index in [1.165, 1.54) is 18.3 Å². The maximum absolute atomic E-state index is 12.8. The van der Waals surface area contributed by atoms with E-state index in [9.17, 15) is 9.18 Å². The SMILES string of the molecule is O=C(NCCO)c1cn[nH]c1-c1ccc(F)cc1. The van der Waals surface area contributed by atoms with Gasteiger partial charge in [0, 0.05) is 12.1 Å². The van der Waals surface area contributed by atoms with Crippen LogP contribution in [-0.2, 0) is 0 Å². The largest absolute Gasteiger partial charge is 0.395 e. The van der Waals surface area contributed by atoms with Gasteiger partial charge in [-0.15, -0.1) is 0 Å². The molecule has 0 aliphatic heterocycles. The summed E-state index contributed by atoms with van der Waals surface area (Å²) in [4.78, 5) is 11.8. The molecule has 2 aromatic rings. The van der Waals surface area contributed by atoms with Gasteiger partial charge in [-0.2, -0.15) is 5.10 Å². The molecule has 1 heterocycles. The number of aliphatic hydroxyl groups excluding tert-OH is 1. The molecule has 0 unspecified atom stereocenters. The first kappa shape index (κ1) is 12.3. The number of halogens is 1. The van der Waals surface area contributed by atoms with Crippen LogP contribution >= 0.6 is 0 Å². The molecule has 1 amide bonds. The lowest BCUT2D eigenvalue weighted by molar-refractivity contribution is 0.0945. The smallest absolute Gasteiger partial charge is 0.255 e. The molecule has 1 aromatic heterocycles. The van der Waals surface area contributed by atoms with Gasteiger partial charge in [-0.05, 0) is 24.3 Å². The van der Waals surface area contributed by atoms with Crippen molar-refractivity contribution in [3.05, 3.63) is 41.8 Å². The van der Waals surface area contributed by atoms with Gasteiger partial charge in [0.05, 0.1) is 24.1 Å². The fourth-order valence-electron chi connectivity index (χ4n) is 1.56. The lowest BCUT2D eigenvalue weighted by atomic mass is 10.1. The molecule has 0 saturated heterocycles. The maximum Gasteiger partial charge on any atom is 0.255 e. The minimum absolute atomic E-state index is 0.129. The molecule has 5 nitrogen and oxygen atoms in total. The molecule has 3 N–H and O–H groups in total. The van der Waals surface area contributed by atoms with Crippen LogP contribution in [0.1, 0.15) is 10.4 Å². The number of aliphatic hydroxyl groups is 1. The highest BCUT2D eigenvalue weighted by Gasteiger charge is 2.14. The van der Waals surface area contributed by atoms with E-state index in [2.05, 4.69) is 15.5 Å². The molecule has 0 atom stereocenters. The zero-order valence-corrected chi connectivity index (χ0v) is 9.48. The van der Waals surface area contributed by atoms with Crippen molar-refractivity contribution in [2.45, 2.75) is 0 Å². The number of hydrogen-bond donors (Lipinski definition) is 3. The van der Waals surface area contributed by atoms with Crippen LogP contribution in [0.15, 0.2) is 30.5 Å². The first-order chi connectivity index (χ1) is 8.72. The third-order valence-electron chi connectivity index (χ3n) is 2.41. The van der Waals surface area contributed by atoms with E-state index in [1.807, 2.05) is 0 Å². The minimum atomic E-state index is -0.343. The van der Waals surface area contributed by atoms with Crippen LogP contribution in [0.3, 0.4) is 0 Å². The van der Waals surface area contributed by atoms with Crippen molar-refractivity contribution >= 4 is 5.91 Å². The average molecular weight is 249 g/mol. The van der Waals surface area contributed by atoms with Crippen molar-refractivity contribution in [2.75, 3.05) is 13.2 Å². The predicted molar refractivity (Wildman–Crippen MR) is 63.4 cm³/mol. The van der Waals surface area contributed by atoms with Gasteiger partial charge in [-0.25, -0.2) is 4.39 Å². The second-order valence-electron chi connectivity index (χ2n) is 3.65.